The SMILES string of the molecule is CCCNC(CSc1cccc(F)c1)(C(=O)OC)C1CC1. The molecule has 0 spiro atoms. The van der Waals surface area contributed by atoms with Gasteiger partial charge in [0.1, 0.15) is 11.4 Å². The normalized spacial score (nSPS) is 17.3. The highest BCUT2D eigenvalue weighted by Crippen LogP contribution is 2.43. The Morgan fingerprint density at radius 1 is 1.52 bits per heavy atom. The Morgan fingerprint density at radius 3 is 2.86 bits per heavy atom. The number of hydrogen-bond donors (Lipinski definition) is 1. The van der Waals surface area contributed by atoms with Gasteiger partial charge in [-0.25, -0.2) is 4.39 Å². The largest absolute Gasteiger partial charge is 0.468 e. The average Bonchev–Trinajstić information content (AvgIpc) is 3.32. The molecule has 1 N–H and O–H groups in total. The summed E-state index contributed by atoms with van der Waals surface area (Å²) in [5, 5.41) is 3.39. The Hall–Kier alpha value is -1.07. The lowest BCUT2D eigenvalue weighted by atomic mass is 9.95. The predicted octanol–water partition coefficient (Wildman–Crippen LogP) is 3.24. The molecule has 0 amide bonds. The Labute approximate surface area is 129 Å². The van der Waals surface area contributed by atoms with Crippen LogP contribution in [0.5, 0.6) is 0 Å². The number of hydrogen-bond acceptors (Lipinski definition) is 4. The molecule has 21 heavy (non-hydrogen) atoms. The third-order valence-electron chi connectivity index (χ3n) is 3.78. The van der Waals surface area contributed by atoms with E-state index in [1.165, 1.54) is 31.0 Å². The van der Waals surface area contributed by atoms with Crippen LogP contribution in [0.25, 0.3) is 0 Å². The molecule has 1 aromatic carbocycles. The van der Waals surface area contributed by atoms with E-state index in [9.17, 15) is 9.18 Å². The van der Waals surface area contributed by atoms with Crippen molar-refractivity contribution >= 4 is 17.7 Å². The zero-order valence-electron chi connectivity index (χ0n) is 12.5. The first-order valence-corrected chi connectivity index (χ1v) is 8.32. The van der Waals surface area contributed by atoms with Gasteiger partial charge in [-0.1, -0.05) is 13.0 Å². The Balaban J connectivity index is 2.12. The molecule has 1 aromatic rings. The minimum absolute atomic E-state index is 0.206. The zero-order chi connectivity index (χ0) is 15.3. The maximum absolute atomic E-state index is 13.3. The van der Waals surface area contributed by atoms with Crippen molar-refractivity contribution in [1.82, 2.24) is 5.32 Å². The highest BCUT2D eigenvalue weighted by Gasteiger charge is 2.51. The summed E-state index contributed by atoms with van der Waals surface area (Å²) in [5.41, 5.74) is -0.651. The van der Waals surface area contributed by atoms with Crippen LogP contribution in [0, 0.1) is 11.7 Å². The number of benzene rings is 1. The van der Waals surface area contributed by atoms with Crippen LogP contribution in [0.3, 0.4) is 0 Å². The van der Waals surface area contributed by atoms with Gasteiger partial charge in [0.05, 0.1) is 7.11 Å². The second-order valence-corrected chi connectivity index (χ2v) is 6.46. The van der Waals surface area contributed by atoms with E-state index in [-0.39, 0.29) is 11.8 Å². The molecule has 0 bridgehead atoms. The van der Waals surface area contributed by atoms with Crippen molar-refractivity contribution in [1.29, 1.82) is 0 Å². The van der Waals surface area contributed by atoms with Crippen molar-refractivity contribution in [2.45, 2.75) is 36.6 Å². The van der Waals surface area contributed by atoms with Crippen LogP contribution in [0.15, 0.2) is 29.2 Å². The van der Waals surface area contributed by atoms with Gasteiger partial charge in [-0.15, -0.1) is 11.8 Å². The van der Waals surface area contributed by atoms with E-state index in [2.05, 4.69) is 12.2 Å². The molecule has 3 nitrogen and oxygen atoms in total. The zero-order valence-corrected chi connectivity index (χ0v) is 13.3. The minimum Gasteiger partial charge on any atom is -0.468 e. The highest BCUT2D eigenvalue weighted by molar-refractivity contribution is 7.99. The Bertz CT molecular complexity index is 493. The lowest BCUT2D eigenvalue weighted by Crippen LogP contribution is -2.57. The van der Waals surface area contributed by atoms with E-state index >= 15 is 0 Å². The summed E-state index contributed by atoms with van der Waals surface area (Å²) in [6.07, 6.45) is 3.03. The minimum atomic E-state index is -0.651. The standard InChI is InChI=1S/C16H22FNO2S/c1-3-9-18-16(12-7-8-12,15(19)20-2)11-21-14-6-4-5-13(17)10-14/h4-6,10,12,18H,3,7-9,11H2,1-2H3. The first-order valence-electron chi connectivity index (χ1n) is 7.34. The number of esters is 1. The third kappa shape index (κ3) is 3.98. The molecule has 1 aliphatic carbocycles. The molecule has 0 saturated heterocycles. The Morgan fingerprint density at radius 2 is 2.29 bits per heavy atom. The van der Waals surface area contributed by atoms with Gasteiger partial charge in [0.25, 0.3) is 0 Å². The number of methoxy groups -OCH3 is 1. The van der Waals surface area contributed by atoms with E-state index in [1.807, 2.05) is 6.07 Å². The molecule has 2 rings (SSSR count). The second kappa shape index (κ2) is 7.27. The molecular weight excluding hydrogens is 289 g/mol. The van der Waals surface area contributed by atoms with Gasteiger partial charge in [-0.2, -0.15) is 0 Å². The molecule has 0 aliphatic heterocycles. The smallest absolute Gasteiger partial charge is 0.327 e. The van der Waals surface area contributed by atoms with Crippen LogP contribution in [0.4, 0.5) is 4.39 Å². The molecule has 1 atom stereocenters. The number of carbonyl (C=O) groups is 1. The molecule has 0 heterocycles. The lowest BCUT2D eigenvalue weighted by molar-refractivity contribution is -0.148. The van der Waals surface area contributed by atoms with E-state index in [1.54, 1.807) is 6.07 Å². The molecule has 5 heteroatoms. The maximum Gasteiger partial charge on any atom is 0.327 e. The summed E-state index contributed by atoms with van der Waals surface area (Å²) >= 11 is 1.50. The van der Waals surface area contributed by atoms with Crippen molar-refractivity contribution < 1.29 is 13.9 Å². The molecule has 1 fully saturated rings. The van der Waals surface area contributed by atoms with Gasteiger partial charge in [0.2, 0.25) is 0 Å². The number of rotatable bonds is 8. The van der Waals surface area contributed by atoms with E-state index < -0.39 is 5.54 Å². The first kappa shape index (κ1) is 16.3. The maximum atomic E-state index is 13.3. The van der Waals surface area contributed by atoms with Crippen LogP contribution in [-0.4, -0.2) is 30.9 Å². The second-order valence-electron chi connectivity index (χ2n) is 5.41. The quantitative estimate of drug-likeness (QED) is 0.591. The number of ether oxygens (including phenoxy) is 1. The molecule has 0 radical (unpaired) electrons. The van der Waals surface area contributed by atoms with Gasteiger partial charge >= 0.3 is 5.97 Å². The first-order chi connectivity index (χ1) is 10.1. The van der Waals surface area contributed by atoms with Gasteiger partial charge in [-0.3, -0.25) is 4.79 Å². The summed E-state index contributed by atoms with van der Waals surface area (Å²) in [5.74, 6) is 0.421. The summed E-state index contributed by atoms with van der Waals surface area (Å²) in [6, 6.07) is 6.48. The monoisotopic (exact) mass is 311 g/mol. The summed E-state index contributed by atoms with van der Waals surface area (Å²) < 4.78 is 18.3. The van der Waals surface area contributed by atoms with Crippen molar-refractivity contribution in [2.75, 3.05) is 19.4 Å². The lowest BCUT2D eigenvalue weighted by Gasteiger charge is -2.32. The van der Waals surface area contributed by atoms with Crippen LogP contribution in [-0.2, 0) is 9.53 Å². The number of thioether (sulfide) groups is 1. The van der Waals surface area contributed by atoms with E-state index in [0.717, 1.165) is 30.7 Å². The van der Waals surface area contributed by atoms with Crippen LogP contribution in [0.2, 0.25) is 0 Å². The average molecular weight is 311 g/mol. The van der Waals surface area contributed by atoms with Gasteiger partial charge in [0, 0.05) is 10.6 Å². The molecule has 1 saturated carbocycles. The van der Waals surface area contributed by atoms with E-state index in [0.29, 0.717) is 11.7 Å². The van der Waals surface area contributed by atoms with Crippen LogP contribution >= 0.6 is 11.8 Å². The van der Waals surface area contributed by atoms with Gasteiger partial charge in [0.15, 0.2) is 0 Å². The Kier molecular flexibility index (Phi) is 5.65. The number of halogens is 1. The molecule has 1 unspecified atom stereocenters. The molecule has 1 aliphatic rings. The fraction of sp³-hybridized carbons (Fsp3) is 0.562. The van der Waals surface area contributed by atoms with Crippen LogP contribution in [0.1, 0.15) is 26.2 Å². The van der Waals surface area contributed by atoms with Gasteiger partial charge in [-0.05, 0) is 49.9 Å². The molecular formula is C16H22FNO2S. The van der Waals surface area contributed by atoms with Crippen molar-refractivity contribution in [2.24, 2.45) is 5.92 Å². The van der Waals surface area contributed by atoms with Crippen molar-refractivity contribution in [3.05, 3.63) is 30.1 Å². The molecule has 116 valence electrons. The summed E-state index contributed by atoms with van der Waals surface area (Å²) in [4.78, 5) is 13.2. The predicted molar refractivity (Wildman–Crippen MR) is 82.9 cm³/mol. The summed E-state index contributed by atoms with van der Waals surface area (Å²) in [6.45, 7) is 2.84. The summed E-state index contributed by atoms with van der Waals surface area (Å²) in [7, 11) is 1.43. The van der Waals surface area contributed by atoms with Crippen LogP contribution < -0.4 is 5.32 Å². The highest BCUT2D eigenvalue weighted by atomic mass is 32.2. The van der Waals surface area contributed by atoms with Crippen molar-refractivity contribution in [3.63, 3.8) is 0 Å². The van der Waals surface area contributed by atoms with Gasteiger partial charge < -0.3 is 10.1 Å². The third-order valence-corrected chi connectivity index (χ3v) is 4.96. The number of carbonyl (C=O) groups excluding carboxylic acids is 1. The fourth-order valence-electron chi connectivity index (χ4n) is 2.47. The topological polar surface area (TPSA) is 38.3 Å². The van der Waals surface area contributed by atoms with Crippen molar-refractivity contribution in [3.8, 4) is 0 Å². The molecule has 0 aromatic heterocycles. The van der Waals surface area contributed by atoms with E-state index in [4.69, 9.17) is 4.74 Å². The number of nitrogens with one attached hydrogen (secondary N) is 1. The fourth-order valence-corrected chi connectivity index (χ4v) is 3.69.